The van der Waals surface area contributed by atoms with Gasteiger partial charge < -0.3 is 18.8 Å². The van der Waals surface area contributed by atoms with E-state index in [0.717, 1.165) is 12.8 Å². The van der Waals surface area contributed by atoms with E-state index in [1.54, 1.807) is 30.5 Å². The molecule has 0 spiro atoms. The summed E-state index contributed by atoms with van der Waals surface area (Å²) in [6.45, 7) is 0.411. The third-order valence-electron chi connectivity index (χ3n) is 3.94. The zero-order valence-corrected chi connectivity index (χ0v) is 13.3. The Morgan fingerprint density at radius 2 is 2.16 bits per heavy atom. The molecule has 0 saturated heterocycles. The lowest BCUT2D eigenvalue weighted by Gasteiger charge is -2.02. The number of aromatic nitrogens is 3. The van der Waals surface area contributed by atoms with Crippen LogP contribution < -0.4 is 10.9 Å². The highest BCUT2D eigenvalue weighted by molar-refractivity contribution is 5.91. The number of pyridine rings is 1. The fourth-order valence-corrected chi connectivity index (χ4v) is 2.43. The normalized spacial score (nSPS) is 13.8. The standard InChI is InChI=1S/C17H16N4O4/c22-15-3-1-2-8-21(15)10-12-6-7-13(24-12)17(23)18-9-14-19-16(20-25-14)11-4-5-11/h1-3,6-8,11H,4-5,9-10H2,(H,18,23). The van der Waals surface area contributed by atoms with E-state index < -0.39 is 0 Å². The summed E-state index contributed by atoms with van der Waals surface area (Å²) < 4.78 is 12.1. The van der Waals surface area contributed by atoms with Crippen LogP contribution in [0.25, 0.3) is 0 Å². The maximum Gasteiger partial charge on any atom is 0.287 e. The van der Waals surface area contributed by atoms with Gasteiger partial charge in [-0.05, 0) is 31.0 Å². The Morgan fingerprint density at radius 3 is 2.96 bits per heavy atom. The molecule has 0 unspecified atom stereocenters. The number of hydrogen-bond acceptors (Lipinski definition) is 6. The summed E-state index contributed by atoms with van der Waals surface area (Å²) in [5.41, 5.74) is -0.132. The second-order valence-electron chi connectivity index (χ2n) is 5.94. The van der Waals surface area contributed by atoms with Gasteiger partial charge in [-0.1, -0.05) is 11.2 Å². The van der Waals surface area contributed by atoms with Gasteiger partial charge in [0.05, 0.1) is 13.1 Å². The molecule has 0 atom stereocenters. The minimum Gasteiger partial charge on any atom is -0.454 e. The minimum absolute atomic E-state index is 0.132. The number of nitrogens with one attached hydrogen (secondary N) is 1. The van der Waals surface area contributed by atoms with Gasteiger partial charge in [0.25, 0.3) is 11.5 Å². The van der Waals surface area contributed by atoms with Crippen LogP contribution in [0, 0.1) is 0 Å². The molecule has 3 aromatic rings. The van der Waals surface area contributed by atoms with E-state index in [0.29, 0.717) is 23.4 Å². The minimum atomic E-state index is -0.377. The molecule has 8 heteroatoms. The van der Waals surface area contributed by atoms with Crippen LogP contribution in [0.2, 0.25) is 0 Å². The highest BCUT2D eigenvalue weighted by atomic mass is 16.5. The Balaban J connectivity index is 1.36. The van der Waals surface area contributed by atoms with Gasteiger partial charge in [-0.25, -0.2) is 0 Å². The maximum absolute atomic E-state index is 12.1. The summed E-state index contributed by atoms with van der Waals surface area (Å²) >= 11 is 0. The fraction of sp³-hybridized carbons (Fsp3) is 0.294. The third kappa shape index (κ3) is 3.52. The molecule has 0 radical (unpaired) electrons. The van der Waals surface area contributed by atoms with Crippen LogP contribution in [-0.4, -0.2) is 20.6 Å². The monoisotopic (exact) mass is 340 g/mol. The summed E-state index contributed by atoms with van der Waals surface area (Å²) in [6, 6.07) is 8.15. The van der Waals surface area contributed by atoms with Crippen molar-refractivity contribution < 1.29 is 13.7 Å². The van der Waals surface area contributed by atoms with Crippen LogP contribution in [0.15, 0.2) is 50.3 Å². The number of furan rings is 1. The van der Waals surface area contributed by atoms with E-state index in [1.807, 2.05) is 0 Å². The van der Waals surface area contributed by atoms with Crippen molar-refractivity contribution in [3.63, 3.8) is 0 Å². The van der Waals surface area contributed by atoms with E-state index in [2.05, 4.69) is 15.5 Å². The zero-order valence-electron chi connectivity index (χ0n) is 13.3. The first kappa shape index (κ1) is 15.4. The van der Waals surface area contributed by atoms with Crippen molar-refractivity contribution in [3.8, 4) is 0 Å². The predicted octanol–water partition coefficient (Wildman–Crippen LogP) is 1.68. The molecule has 128 valence electrons. The molecule has 1 saturated carbocycles. The van der Waals surface area contributed by atoms with E-state index in [-0.39, 0.29) is 30.3 Å². The molecule has 3 heterocycles. The number of amides is 1. The molecule has 1 fully saturated rings. The van der Waals surface area contributed by atoms with Crippen molar-refractivity contribution in [1.82, 2.24) is 20.0 Å². The average molecular weight is 340 g/mol. The lowest BCUT2D eigenvalue weighted by Crippen LogP contribution is -2.22. The quantitative estimate of drug-likeness (QED) is 0.732. The van der Waals surface area contributed by atoms with Crippen molar-refractivity contribution in [3.05, 3.63) is 70.1 Å². The van der Waals surface area contributed by atoms with Gasteiger partial charge >= 0.3 is 0 Å². The molecule has 0 aliphatic heterocycles. The Bertz CT molecular complexity index is 951. The van der Waals surface area contributed by atoms with E-state index in [4.69, 9.17) is 8.94 Å². The summed E-state index contributed by atoms with van der Waals surface area (Å²) in [4.78, 5) is 28.1. The molecule has 3 aromatic heterocycles. The van der Waals surface area contributed by atoms with Gasteiger partial charge in [0, 0.05) is 18.2 Å². The van der Waals surface area contributed by atoms with Gasteiger partial charge in [-0.2, -0.15) is 4.98 Å². The highest BCUT2D eigenvalue weighted by Gasteiger charge is 2.28. The number of rotatable bonds is 6. The van der Waals surface area contributed by atoms with Crippen LogP contribution in [0.3, 0.4) is 0 Å². The smallest absolute Gasteiger partial charge is 0.287 e. The van der Waals surface area contributed by atoms with Crippen LogP contribution in [0.1, 0.15) is 46.8 Å². The number of carbonyl (C=O) groups excluding carboxylic acids is 1. The maximum atomic E-state index is 12.1. The summed E-state index contributed by atoms with van der Waals surface area (Å²) in [5, 5.41) is 6.57. The first-order chi connectivity index (χ1) is 12.2. The molecule has 8 nitrogen and oxygen atoms in total. The van der Waals surface area contributed by atoms with Gasteiger partial charge in [0.15, 0.2) is 11.6 Å². The summed E-state index contributed by atoms with van der Waals surface area (Å²) in [7, 11) is 0. The Labute approximate surface area is 142 Å². The van der Waals surface area contributed by atoms with Crippen molar-refractivity contribution in [2.45, 2.75) is 31.8 Å². The molecular formula is C17H16N4O4. The SMILES string of the molecule is O=C(NCc1nc(C2CC2)no1)c1ccc(Cn2ccccc2=O)o1. The van der Waals surface area contributed by atoms with Gasteiger partial charge in [0.2, 0.25) is 5.89 Å². The molecule has 1 N–H and O–H groups in total. The van der Waals surface area contributed by atoms with Gasteiger partial charge in [0.1, 0.15) is 5.76 Å². The van der Waals surface area contributed by atoms with Crippen LogP contribution in [0.5, 0.6) is 0 Å². The Kier molecular flexibility index (Phi) is 3.93. The summed E-state index contributed by atoms with van der Waals surface area (Å²) in [6.07, 6.45) is 3.84. The molecule has 1 aliphatic carbocycles. The van der Waals surface area contributed by atoms with Crippen LogP contribution >= 0.6 is 0 Å². The third-order valence-corrected chi connectivity index (χ3v) is 3.94. The van der Waals surface area contributed by atoms with Crippen LogP contribution in [-0.2, 0) is 13.1 Å². The largest absolute Gasteiger partial charge is 0.454 e. The Morgan fingerprint density at radius 1 is 1.28 bits per heavy atom. The molecule has 1 aliphatic rings. The van der Waals surface area contributed by atoms with Crippen LogP contribution in [0.4, 0.5) is 0 Å². The lowest BCUT2D eigenvalue weighted by molar-refractivity contribution is 0.0916. The number of carbonyl (C=O) groups is 1. The average Bonchev–Trinajstić information content (AvgIpc) is 3.17. The topological polar surface area (TPSA) is 103 Å². The van der Waals surface area contributed by atoms with Gasteiger partial charge in [-0.3, -0.25) is 9.59 Å². The first-order valence-electron chi connectivity index (χ1n) is 8.04. The van der Waals surface area contributed by atoms with Crippen molar-refractivity contribution in [2.24, 2.45) is 0 Å². The second-order valence-corrected chi connectivity index (χ2v) is 5.94. The Hall–Kier alpha value is -3.16. The zero-order chi connectivity index (χ0) is 17.2. The summed E-state index contributed by atoms with van der Waals surface area (Å²) in [5.74, 6) is 1.80. The van der Waals surface area contributed by atoms with Crippen molar-refractivity contribution in [2.75, 3.05) is 0 Å². The molecule has 25 heavy (non-hydrogen) atoms. The molecule has 0 bridgehead atoms. The van der Waals surface area contributed by atoms with E-state index in [9.17, 15) is 9.59 Å². The van der Waals surface area contributed by atoms with E-state index >= 15 is 0 Å². The fourth-order valence-electron chi connectivity index (χ4n) is 2.43. The highest BCUT2D eigenvalue weighted by Crippen LogP contribution is 2.38. The molecular weight excluding hydrogens is 324 g/mol. The van der Waals surface area contributed by atoms with Crippen molar-refractivity contribution in [1.29, 1.82) is 0 Å². The number of nitrogens with zero attached hydrogens (tertiary/aromatic N) is 3. The van der Waals surface area contributed by atoms with E-state index in [1.165, 1.54) is 10.6 Å². The second kappa shape index (κ2) is 6.39. The van der Waals surface area contributed by atoms with Gasteiger partial charge in [-0.15, -0.1) is 0 Å². The van der Waals surface area contributed by atoms with Crippen molar-refractivity contribution >= 4 is 5.91 Å². The molecule has 0 aromatic carbocycles. The lowest BCUT2D eigenvalue weighted by atomic mass is 10.4. The predicted molar refractivity (Wildman–Crippen MR) is 86.0 cm³/mol. The number of hydrogen-bond donors (Lipinski definition) is 1. The first-order valence-corrected chi connectivity index (χ1v) is 8.04. The molecule has 1 amide bonds. The molecule has 4 rings (SSSR count).